The summed E-state index contributed by atoms with van der Waals surface area (Å²) in [4.78, 5) is 11.2. The van der Waals surface area contributed by atoms with Gasteiger partial charge in [-0.15, -0.1) is 0 Å². The van der Waals surface area contributed by atoms with Gasteiger partial charge in [0, 0.05) is 25.2 Å². The summed E-state index contributed by atoms with van der Waals surface area (Å²) in [5, 5.41) is 3.34. The molecule has 0 aromatic carbocycles. The summed E-state index contributed by atoms with van der Waals surface area (Å²) in [6.45, 7) is 13.8. The molecule has 102 valence electrons. The van der Waals surface area contributed by atoms with Gasteiger partial charge in [0.25, 0.3) is 0 Å². The van der Waals surface area contributed by atoms with Crippen molar-refractivity contribution >= 4 is 11.6 Å². The maximum Gasteiger partial charge on any atom is 0.137 e. The molecule has 0 aliphatic carbocycles. The summed E-state index contributed by atoms with van der Waals surface area (Å²) < 4.78 is 0. The predicted octanol–water partition coefficient (Wildman–Crippen LogP) is 3.27. The number of aromatic nitrogens is 2. The number of hydrogen-bond acceptors (Lipinski definition) is 4. The molecule has 0 radical (unpaired) electrons. The molecule has 1 heterocycles. The molecular weight excluding hydrogens is 224 g/mol. The van der Waals surface area contributed by atoms with E-state index >= 15 is 0 Å². The molecule has 1 aromatic rings. The summed E-state index contributed by atoms with van der Waals surface area (Å²) in [5.41, 5.74) is 1.23. The Labute approximate surface area is 111 Å². The van der Waals surface area contributed by atoms with Crippen LogP contribution < -0.4 is 10.2 Å². The standard InChI is InChI=1S/C14H26N4/c1-6-9-18(8-3)14-12(11(4)5)13(15-7-2)16-10-17-14/h10-11H,6-9H2,1-5H3,(H,15,16,17). The van der Waals surface area contributed by atoms with Gasteiger partial charge in [-0.05, 0) is 26.2 Å². The van der Waals surface area contributed by atoms with E-state index in [1.54, 1.807) is 6.33 Å². The Morgan fingerprint density at radius 2 is 1.94 bits per heavy atom. The first kappa shape index (κ1) is 14.7. The number of anilines is 2. The lowest BCUT2D eigenvalue weighted by Crippen LogP contribution is -2.26. The van der Waals surface area contributed by atoms with Crippen molar-refractivity contribution in [2.45, 2.75) is 47.0 Å². The fraction of sp³-hybridized carbons (Fsp3) is 0.714. The van der Waals surface area contributed by atoms with Crippen LogP contribution in [0.1, 0.15) is 52.5 Å². The van der Waals surface area contributed by atoms with E-state index in [0.29, 0.717) is 5.92 Å². The molecule has 0 fully saturated rings. The Morgan fingerprint density at radius 1 is 1.22 bits per heavy atom. The molecular formula is C14H26N4. The van der Waals surface area contributed by atoms with E-state index in [2.05, 4.69) is 54.8 Å². The van der Waals surface area contributed by atoms with E-state index in [9.17, 15) is 0 Å². The predicted molar refractivity (Wildman–Crippen MR) is 78.5 cm³/mol. The largest absolute Gasteiger partial charge is 0.370 e. The Balaban J connectivity index is 3.19. The summed E-state index contributed by atoms with van der Waals surface area (Å²) >= 11 is 0. The molecule has 1 aromatic heterocycles. The third-order valence-electron chi connectivity index (χ3n) is 2.96. The van der Waals surface area contributed by atoms with Crippen molar-refractivity contribution in [1.82, 2.24) is 9.97 Å². The lowest BCUT2D eigenvalue weighted by atomic mass is 10.0. The normalized spacial score (nSPS) is 10.8. The zero-order valence-corrected chi connectivity index (χ0v) is 12.3. The fourth-order valence-electron chi connectivity index (χ4n) is 2.16. The van der Waals surface area contributed by atoms with E-state index < -0.39 is 0 Å². The highest BCUT2D eigenvalue weighted by Crippen LogP contribution is 2.30. The molecule has 0 aliphatic rings. The number of rotatable bonds is 7. The van der Waals surface area contributed by atoms with Crippen molar-refractivity contribution in [3.05, 3.63) is 11.9 Å². The molecule has 0 bridgehead atoms. The first-order chi connectivity index (χ1) is 8.65. The molecule has 4 heteroatoms. The minimum Gasteiger partial charge on any atom is -0.370 e. The highest BCUT2D eigenvalue weighted by atomic mass is 15.2. The van der Waals surface area contributed by atoms with Crippen LogP contribution in [-0.2, 0) is 0 Å². The monoisotopic (exact) mass is 250 g/mol. The zero-order valence-electron chi connectivity index (χ0n) is 12.3. The number of nitrogens with one attached hydrogen (secondary N) is 1. The van der Waals surface area contributed by atoms with Crippen LogP contribution >= 0.6 is 0 Å². The highest BCUT2D eigenvalue weighted by molar-refractivity contribution is 5.60. The molecule has 0 spiro atoms. The summed E-state index contributed by atoms with van der Waals surface area (Å²) in [6, 6.07) is 0. The second-order valence-corrected chi connectivity index (χ2v) is 4.72. The van der Waals surface area contributed by atoms with Gasteiger partial charge in [-0.1, -0.05) is 20.8 Å². The van der Waals surface area contributed by atoms with Crippen LogP contribution in [0.3, 0.4) is 0 Å². The van der Waals surface area contributed by atoms with E-state index in [1.807, 2.05) is 0 Å². The van der Waals surface area contributed by atoms with Gasteiger partial charge in [0.2, 0.25) is 0 Å². The summed E-state index contributed by atoms with van der Waals surface area (Å²) in [7, 11) is 0. The molecule has 4 nitrogen and oxygen atoms in total. The molecule has 18 heavy (non-hydrogen) atoms. The topological polar surface area (TPSA) is 41.1 Å². The first-order valence-corrected chi connectivity index (χ1v) is 6.99. The van der Waals surface area contributed by atoms with Crippen LogP contribution in [0.25, 0.3) is 0 Å². The van der Waals surface area contributed by atoms with Gasteiger partial charge in [-0.3, -0.25) is 0 Å². The molecule has 0 saturated carbocycles. The lowest BCUT2D eigenvalue weighted by Gasteiger charge is -2.26. The second-order valence-electron chi connectivity index (χ2n) is 4.72. The first-order valence-electron chi connectivity index (χ1n) is 6.99. The molecule has 1 N–H and O–H groups in total. The van der Waals surface area contributed by atoms with Crippen LogP contribution in [0.4, 0.5) is 11.6 Å². The van der Waals surface area contributed by atoms with Crippen molar-refractivity contribution in [3.63, 3.8) is 0 Å². The average Bonchev–Trinajstić information content (AvgIpc) is 2.35. The molecule has 0 atom stereocenters. The van der Waals surface area contributed by atoms with E-state index in [-0.39, 0.29) is 0 Å². The van der Waals surface area contributed by atoms with Crippen molar-refractivity contribution in [3.8, 4) is 0 Å². The van der Waals surface area contributed by atoms with Crippen LogP contribution in [-0.4, -0.2) is 29.6 Å². The van der Waals surface area contributed by atoms with E-state index in [1.165, 1.54) is 5.56 Å². The van der Waals surface area contributed by atoms with Crippen molar-refractivity contribution in [2.75, 3.05) is 29.9 Å². The Bertz CT molecular complexity index is 363. The van der Waals surface area contributed by atoms with Crippen LogP contribution in [0.2, 0.25) is 0 Å². The maximum absolute atomic E-state index is 4.51. The van der Waals surface area contributed by atoms with Crippen LogP contribution in [0.5, 0.6) is 0 Å². The molecule has 1 rings (SSSR count). The second kappa shape index (κ2) is 7.19. The van der Waals surface area contributed by atoms with Gasteiger partial charge in [-0.25, -0.2) is 9.97 Å². The fourth-order valence-corrected chi connectivity index (χ4v) is 2.16. The Morgan fingerprint density at radius 3 is 2.44 bits per heavy atom. The van der Waals surface area contributed by atoms with Gasteiger partial charge in [0.05, 0.1) is 0 Å². The molecule has 0 saturated heterocycles. The Kier molecular flexibility index (Phi) is 5.89. The zero-order chi connectivity index (χ0) is 13.5. The Hall–Kier alpha value is -1.32. The van der Waals surface area contributed by atoms with Crippen molar-refractivity contribution < 1.29 is 0 Å². The smallest absolute Gasteiger partial charge is 0.137 e. The molecule has 0 unspecified atom stereocenters. The summed E-state index contributed by atoms with van der Waals surface area (Å²) in [6.07, 6.45) is 2.80. The maximum atomic E-state index is 4.51. The van der Waals surface area contributed by atoms with E-state index in [0.717, 1.165) is 37.7 Å². The minimum atomic E-state index is 0.418. The summed E-state index contributed by atoms with van der Waals surface area (Å²) in [5.74, 6) is 2.48. The minimum absolute atomic E-state index is 0.418. The van der Waals surface area contributed by atoms with Gasteiger partial charge < -0.3 is 10.2 Å². The number of hydrogen-bond donors (Lipinski definition) is 1. The number of nitrogens with zero attached hydrogens (tertiary/aromatic N) is 3. The van der Waals surface area contributed by atoms with Gasteiger partial charge in [0.1, 0.15) is 18.0 Å². The van der Waals surface area contributed by atoms with Crippen LogP contribution in [0, 0.1) is 0 Å². The van der Waals surface area contributed by atoms with Gasteiger partial charge >= 0.3 is 0 Å². The van der Waals surface area contributed by atoms with Gasteiger partial charge in [-0.2, -0.15) is 0 Å². The van der Waals surface area contributed by atoms with Crippen molar-refractivity contribution in [1.29, 1.82) is 0 Å². The lowest BCUT2D eigenvalue weighted by molar-refractivity contribution is 0.751. The van der Waals surface area contributed by atoms with E-state index in [4.69, 9.17) is 0 Å². The van der Waals surface area contributed by atoms with Gasteiger partial charge in [0.15, 0.2) is 0 Å². The highest BCUT2D eigenvalue weighted by Gasteiger charge is 2.18. The average molecular weight is 250 g/mol. The third kappa shape index (κ3) is 3.34. The quantitative estimate of drug-likeness (QED) is 0.806. The van der Waals surface area contributed by atoms with Crippen LogP contribution in [0.15, 0.2) is 6.33 Å². The van der Waals surface area contributed by atoms with Crippen molar-refractivity contribution in [2.24, 2.45) is 0 Å². The molecule has 0 aliphatic heterocycles. The SMILES string of the molecule is CCCN(CC)c1ncnc(NCC)c1C(C)C. The molecule has 0 amide bonds. The third-order valence-corrected chi connectivity index (χ3v) is 2.96.